The predicted octanol–water partition coefficient (Wildman–Crippen LogP) is 1.44. The molecule has 1 spiro atoms. The lowest BCUT2D eigenvalue weighted by Gasteiger charge is -2.27. The largest absolute Gasteiger partial charge is 0.465 e. The maximum absolute atomic E-state index is 11.9. The zero-order chi connectivity index (χ0) is 12.3. The van der Waals surface area contributed by atoms with Crippen LogP contribution in [0.2, 0.25) is 0 Å². The average molecular weight is 277 g/mol. The van der Waals surface area contributed by atoms with E-state index in [0.29, 0.717) is 12.0 Å². The van der Waals surface area contributed by atoms with Crippen molar-refractivity contribution in [3.8, 4) is 0 Å². The average Bonchev–Trinajstić information content (AvgIpc) is 2.92. The first-order chi connectivity index (χ1) is 8.21. The van der Waals surface area contributed by atoms with Crippen molar-refractivity contribution < 1.29 is 9.53 Å². The van der Waals surface area contributed by atoms with E-state index in [1.54, 1.807) is 0 Å². The van der Waals surface area contributed by atoms with E-state index >= 15 is 0 Å². The van der Waals surface area contributed by atoms with Gasteiger partial charge in [0.2, 0.25) is 0 Å². The molecular formula is C13H25ClN2O2. The minimum Gasteiger partial charge on any atom is -0.465 e. The standard InChI is InChI=1S/C13H24N2O2.ClH/c1-3-11(12(16)17-4-2)15-8-6-13(10-15)5-7-14-9-13;/h11,14H,3-10H2,1-2H3;1H. The van der Waals surface area contributed by atoms with Crippen LogP contribution in [0, 0.1) is 5.41 Å². The van der Waals surface area contributed by atoms with Crippen LogP contribution in [-0.2, 0) is 9.53 Å². The van der Waals surface area contributed by atoms with Crippen molar-refractivity contribution in [3.63, 3.8) is 0 Å². The van der Waals surface area contributed by atoms with Crippen molar-refractivity contribution in [3.05, 3.63) is 0 Å². The quantitative estimate of drug-likeness (QED) is 0.789. The van der Waals surface area contributed by atoms with Gasteiger partial charge in [0.1, 0.15) is 6.04 Å². The van der Waals surface area contributed by atoms with Gasteiger partial charge in [-0.15, -0.1) is 12.4 Å². The Kier molecular flexibility index (Phi) is 5.89. The Morgan fingerprint density at radius 3 is 2.78 bits per heavy atom. The lowest BCUT2D eigenvalue weighted by molar-refractivity contribution is -0.149. The molecule has 0 radical (unpaired) electrons. The van der Waals surface area contributed by atoms with Gasteiger partial charge < -0.3 is 10.1 Å². The fourth-order valence-corrected chi connectivity index (χ4v) is 3.19. The number of nitrogens with one attached hydrogen (secondary N) is 1. The van der Waals surface area contributed by atoms with E-state index in [0.717, 1.165) is 32.6 Å². The van der Waals surface area contributed by atoms with E-state index in [-0.39, 0.29) is 24.4 Å². The molecule has 2 atom stereocenters. The Bertz CT molecular complexity index is 280. The fourth-order valence-electron chi connectivity index (χ4n) is 3.19. The Labute approximate surface area is 116 Å². The van der Waals surface area contributed by atoms with E-state index in [1.807, 2.05) is 6.92 Å². The molecule has 0 aromatic rings. The molecular weight excluding hydrogens is 252 g/mol. The second kappa shape index (κ2) is 6.73. The smallest absolute Gasteiger partial charge is 0.323 e. The molecule has 18 heavy (non-hydrogen) atoms. The zero-order valence-electron chi connectivity index (χ0n) is 11.4. The van der Waals surface area contributed by atoms with E-state index in [1.165, 1.54) is 12.8 Å². The predicted molar refractivity (Wildman–Crippen MR) is 74.1 cm³/mol. The van der Waals surface area contributed by atoms with Gasteiger partial charge in [0, 0.05) is 13.1 Å². The number of hydrogen-bond donors (Lipinski definition) is 1. The highest BCUT2D eigenvalue weighted by Crippen LogP contribution is 2.37. The summed E-state index contributed by atoms with van der Waals surface area (Å²) in [7, 11) is 0. The molecule has 2 saturated heterocycles. The molecule has 0 bridgehead atoms. The molecule has 0 amide bonds. The highest BCUT2D eigenvalue weighted by Gasteiger charge is 2.43. The summed E-state index contributed by atoms with van der Waals surface area (Å²) >= 11 is 0. The third-order valence-electron chi connectivity index (χ3n) is 4.19. The molecule has 4 nitrogen and oxygen atoms in total. The minimum absolute atomic E-state index is 0. The molecule has 106 valence electrons. The van der Waals surface area contributed by atoms with Gasteiger partial charge in [-0.1, -0.05) is 6.92 Å². The summed E-state index contributed by atoms with van der Waals surface area (Å²) < 4.78 is 5.16. The fraction of sp³-hybridized carbons (Fsp3) is 0.923. The summed E-state index contributed by atoms with van der Waals surface area (Å²) in [6, 6.07) is -0.0325. The Morgan fingerprint density at radius 2 is 2.22 bits per heavy atom. The second-order valence-electron chi connectivity index (χ2n) is 5.32. The number of nitrogens with zero attached hydrogens (tertiary/aromatic N) is 1. The van der Waals surface area contributed by atoms with Gasteiger partial charge in [-0.05, 0) is 44.7 Å². The van der Waals surface area contributed by atoms with Crippen LogP contribution in [0.1, 0.15) is 33.1 Å². The number of rotatable bonds is 4. The maximum Gasteiger partial charge on any atom is 0.323 e. The van der Waals surface area contributed by atoms with Crippen LogP contribution in [-0.4, -0.2) is 49.7 Å². The highest BCUT2D eigenvalue weighted by molar-refractivity contribution is 5.85. The van der Waals surface area contributed by atoms with Crippen LogP contribution in [0.4, 0.5) is 0 Å². The molecule has 0 aromatic heterocycles. The number of likely N-dealkylation sites (tertiary alicyclic amines) is 1. The van der Waals surface area contributed by atoms with Crippen molar-refractivity contribution in [1.82, 2.24) is 10.2 Å². The summed E-state index contributed by atoms with van der Waals surface area (Å²) in [6.07, 6.45) is 3.32. The first-order valence-electron chi connectivity index (χ1n) is 6.82. The van der Waals surface area contributed by atoms with Crippen molar-refractivity contribution in [2.45, 2.75) is 39.2 Å². The maximum atomic E-state index is 11.9. The second-order valence-corrected chi connectivity index (χ2v) is 5.32. The van der Waals surface area contributed by atoms with Crippen LogP contribution in [0.15, 0.2) is 0 Å². The molecule has 5 heteroatoms. The van der Waals surface area contributed by atoms with Gasteiger partial charge in [-0.3, -0.25) is 9.69 Å². The third kappa shape index (κ3) is 3.16. The Balaban J connectivity index is 0.00000162. The van der Waals surface area contributed by atoms with Gasteiger partial charge in [0.25, 0.3) is 0 Å². The number of carbonyl (C=O) groups excluding carboxylic acids is 1. The van der Waals surface area contributed by atoms with E-state index in [4.69, 9.17) is 4.74 Å². The molecule has 0 aliphatic carbocycles. The molecule has 2 fully saturated rings. The zero-order valence-corrected chi connectivity index (χ0v) is 12.2. The molecule has 2 unspecified atom stereocenters. The van der Waals surface area contributed by atoms with E-state index < -0.39 is 0 Å². The van der Waals surface area contributed by atoms with Gasteiger partial charge in [-0.2, -0.15) is 0 Å². The molecule has 2 aliphatic heterocycles. The number of hydrogen-bond acceptors (Lipinski definition) is 4. The number of halogens is 1. The van der Waals surface area contributed by atoms with Crippen LogP contribution in [0.25, 0.3) is 0 Å². The number of esters is 1. The summed E-state index contributed by atoms with van der Waals surface area (Å²) in [5, 5.41) is 3.44. The topological polar surface area (TPSA) is 41.6 Å². The number of carbonyl (C=O) groups is 1. The van der Waals surface area contributed by atoms with Gasteiger partial charge in [0.15, 0.2) is 0 Å². The van der Waals surface area contributed by atoms with Crippen molar-refractivity contribution in [1.29, 1.82) is 0 Å². The first-order valence-corrected chi connectivity index (χ1v) is 6.82. The molecule has 0 saturated carbocycles. The third-order valence-corrected chi connectivity index (χ3v) is 4.19. The van der Waals surface area contributed by atoms with E-state index in [9.17, 15) is 4.79 Å². The monoisotopic (exact) mass is 276 g/mol. The summed E-state index contributed by atoms with van der Waals surface area (Å²) in [6.45, 7) is 8.76. The number of ether oxygens (including phenoxy) is 1. The molecule has 1 N–H and O–H groups in total. The normalized spacial score (nSPS) is 29.2. The van der Waals surface area contributed by atoms with Crippen LogP contribution < -0.4 is 5.32 Å². The summed E-state index contributed by atoms with van der Waals surface area (Å²) in [4.78, 5) is 14.2. The van der Waals surface area contributed by atoms with Crippen LogP contribution in [0.5, 0.6) is 0 Å². The van der Waals surface area contributed by atoms with Gasteiger partial charge in [0.05, 0.1) is 6.61 Å². The van der Waals surface area contributed by atoms with Crippen molar-refractivity contribution in [2.75, 3.05) is 32.8 Å². The van der Waals surface area contributed by atoms with Gasteiger partial charge in [-0.25, -0.2) is 0 Å². The lowest BCUT2D eigenvalue weighted by atomic mass is 9.86. The van der Waals surface area contributed by atoms with Gasteiger partial charge >= 0.3 is 5.97 Å². The first kappa shape index (κ1) is 15.7. The van der Waals surface area contributed by atoms with Crippen molar-refractivity contribution in [2.24, 2.45) is 5.41 Å². The van der Waals surface area contributed by atoms with Crippen molar-refractivity contribution >= 4 is 18.4 Å². The summed E-state index contributed by atoms with van der Waals surface area (Å²) in [5.41, 5.74) is 0.430. The Morgan fingerprint density at radius 1 is 1.44 bits per heavy atom. The van der Waals surface area contributed by atoms with E-state index in [2.05, 4.69) is 17.1 Å². The summed E-state index contributed by atoms with van der Waals surface area (Å²) in [5.74, 6) is -0.0435. The highest BCUT2D eigenvalue weighted by atomic mass is 35.5. The van der Waals surface area contributed by atoms with Crippen LogP contribution >= 0.6 is 12.4 Å². The molecule has 0 aromatic carbocycles. The molecule has 2 rings (SSSR count). The lowest BCUT2D eigenvalue weighted by Crippen LogP contribution is -2.42. The minimum atomic E-state index is -0.0435. The molecule has 2 heterocycles. The molecule has 2 aliphatic rings. The Hall–Kier alpha value is -0.320. The SMILES string of the molecule is CCOC(=O)C(CC)N1CCC2(CCNC2)C1.Cl. The van der Waals surface area contributed by atoms with Crippen LogP contribution in [0.3, 0.4) is 0 Å².